The van der Waals surface area contributed by atoms with Gasteiger partial charge in [0.15, 0.2) is 0 Å². The molecule has 0 bridgehead atoms. The molecule has 2 saturated heterocycles. The minimum atomic E-state index is -0.348. The van der Waals surface area contributed by atoms with E-state index in [1.807, 2.05) is 0 Å². The first-order chi connectivity index (χ1) is 13.5. The molecule has 0 saturated carbocycles. The molecule has 28 heavy (non-hydrogen) atoms. The molecule has 1 aromatic rings. The van der Waals surface area contributed by atoms with Crippen molar-refractivity contribution in [2.24, 2.45) is 5.92 Å². The van der Waals surface area contributed by atoms with Gasteiger partial charge in [0.25, 0.3) is 11.8 Å². The fraction of sp³-hybridized carbons (Fsp3) is 0.550. The predicted molar refractivity (Wildman–Crippen MR) is 103 cm³/mol. The average Bonchev–Trinajstić information content (AvgIpc) is 3.44. The normalized spacial score (nSPS) is 23.2. The van der Waals surface area contributed by atoms with E-state index >= 15 is 0 Å². The molecular formula is C20H26N4O4. The molecule has 0 aromatic heterocycles. The van der Waals surface area contributed by atoms with Crippen molar-refractivity contribution in [1.82, 2.24) is 15.1 Å². The number of fused-ring (bicyclic) bond motifs is 1. The maximum atomic E-state index is 12.4. The van der Waals surface area contributed by atoms with E-state index < -0.39 is 0 Å². The number of carbonyl (C=O) groups excluding carboxylic acids is 3. The van der Waals surface area contributed by atoms with Crippen LogP contribution in [0.2, 0.25) is 0 Å². The first-order valence-electron chi connectivity index (χ1n) is 9.87. The molecule has 2 N–H and O–H groups in total. The van der Waals surface area contributed by atoms with Crippen molar-refractivity contribution in [1.29, 1.82) is 0 Å². The highest BCUT2D eigenvalue weighted by molar-refractivity contribution is 6.21. The third-order valence-corrected chi connectivity index (χ3v) is 5.94. The summed E-state index contributed by atoms with van der Waals surface area (Å²) in [5, 5.41) is 5.75. The molecule has 4 amide bonds. The summed E-state index contributed by atoms with van der Waals surface area (Å²) in [6.07, 6.45) is 3.43. The molecule has 0 aliphatic carbocycles. The minimum absolute atomic E-state index is 0.281. The Balaban J connectivity index is 1.37. The summed E-state index contributed by atoms with van der Waals surface area (Å²) in [5.74, 6) is -0.222. The highest BCUT2D eigenvalue weighted by Crippen LogP contribution is 2.26. The fourth-order valence-corrected chi connectivity index (χ4v) is 4.33. The van der Waals surface area contributed by atoms with E-state index in [0.717, 1.165) is 37.6 Å². The molecule has 3 aliphatic rings. The van der Waals surface area contributed by atoms with Gasteiger partial charge in [0, 0.05) is 37.8 Å². The van der Waals surface area contributed by atoms with Crippen molar-refractivity contribution in [2.45, 2.75) is 25.3 Å². The van der Waals surface area contributed by atoms with Crippen LogP contribution in [0, 0.1) is 5.92 Å². The van der Waals surface area contributed by atoms with Gasteiger partial charge in [-0.05, 0) is 50.6 Å². The van der Waals surface area contributed by atoms with Crippen LogP contribution in [0.25, 0.3) is 0 Å². The van der Waals surface area contributed by atoms with Crippen LogP contribution in [0.4, 0.5) is 10.5 Å². The molecule has 4 rings (SSSR count). The Labute approximate surface area is 164 Å². The monoisotopic (exact) mass is 386 g/mol. The van der Waals surface area contributed by atoms with E-state index in [9.17, 15) is 14.4 Å². The SMILES string of the molecule is CN1C(=O)c2ccc(NC(=O)NC[C@H]([C@@H]3CCOC3)N3CCCC3)cc2C1=O. The van der Waals surface area contributed by atoms with E-state index in [1.165, 1.54) is 19.9 Å². The van der Waals surface area contributed by atoms with Gasteiger partial charge in [0.1, 0.15) is 0 Å². The second-order valence-electron chi connectivity index (χ2n) is 7.70. The van der Waals surface area contributed by atoms with Crippen molar-refractivity contribution in [2.75, 3.05) is 45.2 Å². The van der Waals surface area contributed by atoms with Gasteiger partial charge in [-0.3, -0.25) is 19.4 Å². The summed E-state index contributed by atoms with van der Waals surface area (Å²) in [6.45, 7) is 4.24. The van der Waals surface area contributed by atoms with Crippen molar-refractivity contribution in [3.8, 4) is 0 Å². The topological polar surface area (TPSA) is 91.0 Å². The summed E-state index contributed by atoms with van der Waals surface area (Å²) in [7, 11) is 1.45. The Morgan fingerprint density at radius 2 is 1.96 bits per heavy atom. The number of anilines is 1. The van der Waals surface area contributed by atoms with Crippen LogP contribution >= 0.6 is 0 Å². The summed E-state index contributed by atoms with van der Waals surface area (Å²) in [6, 6.07) is 4.75. The first-order valence-corrected chi connectivity index (χ1v) is 9.87. The Morgan fingerprint density at radius 1 is 1.21 bits per heavy atom. The van der Waals surface area contributed by atoms with Crippen LogP contribution < -0.4 is 10.6 Å². The van der Waals surface area contributed by atoms with Gasteiger partial charge in [0.2, 0.25) is 0 Å². The Kier molecular flexibility index (Phi) is 5.32. The number of ether oxygens (including phenoxy) is 1. The molecule has 1 aromatic carbocycles. The van der Waals surface area contributed by atoms with Crippen LogP contribution in [0.5, 0.6) is 0 Å². The summed E-state index contributed by atoms with van der Waals surface area (Å²) in [4.78, 5) is 40.0. The van der Waals surface area contributed by atoms with Crippen molar-refractivity contribution in [3.63, 3.8) is 0 Å². The molecule has 3 aliphatic heterocycles. The second kappa shape index (κ2) is 7.89. The number of nitrogens with one attached hydrogen (secondary N) is 2. The molecule has 0 unspecified atom stereocenters. The number of urea groups is 1. The minimum Gasteiger partial charge on any atom is -0.381 e. The van der Waals surface area contributed by atoms with E-state index in [4.69, 9.17) is 4.74 Å². The number of hydrogen-bond acceptors (Lipinski definition) is 5. The molecule has 150 valence electrons. The molecule has 2 fully saturated rings. The van der Waals surface area contributed by atoms with Crippen molar-refractivity contribution < 1.29 is 19.1 Å². The zero-order valence-corrected chi connectivity index (χ0v) is 16.1. The lowest BCUT2D eigenvalue weighted by Gasteiger charge is -2.31. The average molecular weight is 386 g/mol. The number of likely N-dealkylation sites (tertiary alicyclic amines) is 1. The van der Waals surface area contributed by atoms with Gasteiger partial charge in [-0.25, -0.2) is 4.79 Å². The molecule has 2 atom stereocenters. The summed E-state index contributed by atoms with van der Waals surface area (Å²) < 4.78 is 5.55. The van der Waals surface area contributed by atoms with E-state index in [-0.39, 0.29) is 23.9 Å². The van der Waals surface area contributed by atoms with Gasteiger partial charge in [-0.15, -0.1) is 0 Å². The molecule has 8 nitrogen and oxygen atoms in total. The van der Waals surface area contributed by atoms with Crippen LogP contribution in [0.1, 0.15) is 40.0 Å². The quantitative estimate of drug-likeness (QED) is 0.749. The van der Waals surface area contributed by atoms with Gasteiger partial charge in [-0.1, -0.05) is 0 Å². The highest BCUT2D eigenvalue weighted by Gasteiger charge is 2.34. The summed E-state index contributed by atoms with van der Waals surface area (Å²) >= 11 is 0. The van der Waals surface area contributed by atoms with Gasteiger partial charge in [-0.2, -0.15) is 0 Å². The van der Waals surface area contributed by atoms with E-state index in [2.05, 4.69) is 15.5 Å². The molecular weight excluding hydrogens is 360 g/mol. The standard InChI is InChI=1S/C20H26N4O4/c1-23-18(25)15-5-4-14(10-16(15)19(23)26)22-20(27)21-11-17(13-6-9-28-12-13)24-7-2-3-8-24/h4-5,10,13,17H,2-3,6-9,11-12H2,1H3,(H2,21,22,27)/t13-,17-/m1/s1. The smallest absolute Gasteiger partial charge is 0.319 e. The maximum absolute atomic E-state index is 12.4. The largest absolute Gasteiger partial charge is 0.381 e. The number of carbonyl (C=O) groups is 3. The number of hydrogen-bond donors (Lipinski definition) is 2. The number of nitrogens with zero attached hydrogens (tertiary/aromatic N) is 2. The van der Waals surface area contributed by atoms with Crippen molar-refractivity contribution >= 4 is 23.5 Å². The zero-order chi connectivity index (χ0) is 19.7. The lowest BCUT2D eigenvalue weighted by Crippen LogP contribution is -2.48. The Morgan fingerprint density at radius 3 is 2.68 bits per heavy atom. The molecule has 0 radical (unpaired) electrons. The van der Waals surface area contributed by atoms with Gasteiger partial charge >= 0.3 is 6.03 Å². The second-order valence-corrected chi connectivity index (χ2v) is 7.70. The number of rotatable bonds is 5. The molecule has 8 heteroatoms. The third kappa shape index (κ3) is 3.62. The van der Waals surface area contributed by atoms with Crippen LogP contribution in [0.3, 0.4) is 0 Å². The maximum Gasteiger partial charge on any atom is 0.319 e. The van der Waals surface area contributed by atoms with E-state index in [0.29, 0.717) is 29.3 Å². The summed E-state index contributed by atoms with van der Waals surface area (Å²) in [5.41, 5.74) is 1.19. The number of benzene rings is 1. The first kappa shape index (κ1) is 18.9. The lowest BCUT2D eigenvalue weighted by atomic mass is 9.97. The zero-order valence-electron chi connectivity index (χ0n) is 16.1. The highest BCUT2D eigenvalue weighted by atomic mass is 16.5. The van der Waals surface area contributed by atoms with Gasteiger partial charge < -0.3 is 15.4 Å². The fourth-order valence-electron chi connectivity index (χ4n) is 4.33. The van der Waals surface area contributed by atoms with Crippen LogP contribution in [0.15, 0.2) is 18.2 Å². The van der Waals surface area contributed by atoms with Crippen LogP contribution in [-0.2, 0) is 4.74 Å². The van der Waals surface area contributed by atoms with Crippen LogP contribution in [-0.4, -0.2) is 73.6 Å². The predicted octanol–water partition coefficient (Wildman–Crippen LogP) is 1.53. The van der Waals surface area contributed by atoms with Crippen molar-refractivity contribution in [3.05, 3.63) is 29.3 Å². The lowest BCUT2D eigenvalue weighted by molar-refractivity contribution is 0.0693. The molecule has 3 heterocycles. The van der Waals surface area contributed by atoms with E-state index in [1.54, 1.807) is 18.2 Å². The third-order valence-electron chi connectivity index (χ3n) is 5.94. The van der Waals surface area contributed by atoms with Gasteiger partial charge in [0.05, 0.1) is 17.7 Å². The number of imide groups is 1. The molecule has 0 spiro atoms. The Bertz CT molecular complexity index is 768. The number of amides is 4. The Hall–Kier alpha value is -2.45.